The van der Waals surface area contributed by atoms with Gasteiger partial charge in [-0.1, -0.05) is 38.0 Å². The Morgan fingerprint density at radius 3 is 2.20 bits per heavy atom. The molecule has 0 saturated carbocycles. The molecule has 1 aliphatic heterocycles. The maximum Gasteiger partial charge on any atom is 0.142 e. The van der Waals surface area contributed by atoms with Crippen molar-refractivity contribution in [2.45, 2.75) is 33.6 Å². The number of hydrogen-bond acceptors (Lipinski definition) is 3. The van der Waals surface area contributed by atoms with Crippen LogP contribution in [0.25, 0.3) is 0 Å². The number of likely N-dealkylation sites (tertiary alicyclic amines) is 1. The van der Waals surface area contributed by atoms with Gasteiger partial charge in [-0.2, -0.15) is 0 Å². The lowest BCUT2D eigenvalue weighted by Crippen LogP contribution is -2.24. The van der Waals surface area contributed by atoms with Crippen molar-refractivity contribution in [3.05, 3.63) is 30.3 Å². The molecule has 0 atom stereocenters. The summed E-state index contributed by atoms with van der Waals surface area (Å²) in [6.45, 7) is 8.79. The first-order chi connectivity index (χ1) is 9.86. The third-order valence-corrected chi connectivity index (χ3v) is 2.61. The van der Waals surface area contributed by atoms with Gasteiger partial charge in [0.2, 0.25) is 0 Å². The van der Waals surface area contributed by atoms with E-state index in [1.54, 1.807) is 6.92 Å². The molecule has 1 saturated heterocycles. The van der Waals surface area contributed by atoms with Gasteiger partial charge in [0.05, 0.1) is 0 Å². The standard InChI is InChI=1S/C11H15NO.C4H6O.C2H6/c1-2-6-11(7-3-1)13-10-12-8-4-5-9-12;1-2-3-4-5;1-2/h1-3,6-7H,4-5,8-10H2;5H,4H2,1H3;1-2H3. The average Bonchev–Trinajstić information content (AvgIpc) is 3.03. The van der Waals surface area contributed by atoms with Crippen LogP contribution in [0.3, 0.4) is 0 Å². The number of ether oxygens (including phenoxy) is 1. The summed E-state index contributed by atoms with van der Waals surface area (Å²) in [7, 11) is 0. The summed E-state index contributed by atoms with van der Waals surface area (Å²) in [6.07, 6.45) is 2.64. The maximum absolute atomic E-state index is 7.89. The molecule has 3 nitrogen and oxygen atoms in total. The minimum atomic E-state index is -0.0174. The van der Waals surface area contributed by atoms with Gasteiger partial charge in [-0.25, -0.2) is 0 Å². The Kier molecular flexibility index (Phi) is 12.9. The van der Waals surface area contributed by atoms with Crippen molar-refractivity contribution < 1.29 is 9.84 Å². The molecule has 1 aromatic rings. The molecule has 0 radical (unpaired) electrons. The molecule has 0 aromatic heterocycles. The monoisotopic (exact) mass is 277 g/mol. The van der Waals surface area contributed by atoms with Crippen LogP contribution in [-0.2, 0) is 0 Å². The fraction of sp³-hybridized carbons (Fsp3) is 0.529. The highest BCUT2D eigenvalue weighted by molar-refractivity contribution is 5.20. The van der Waals surface area contributed by atoms with E-state index >= 15 is 0 Å². The molecule has 112 valence electrons. The number of aliphatic hydroxyl groups excluding tert-OH is 1. The van der Waals surface area contributed by atoms with Gasteiger partial charge < -0.3 is 9.84 Å². The first-order valence-corrected chi connectivity index (χ1v) is 7.27. The fourth-order valence-corrected chi connectivity index (χ4v) is 1.67. The molecule has 0 unspecified atom stereocenters. The van der Waals surface area contributed by atoms with E-state index in [2.05, 4.69) is 16.7 Å². The molecular formula is C17H27NO2. The molecule has 1 aliphatic rings. The number of para-hydroxylation sites is 1. The van der Waals surface area contributed by atoms with Gasteiger partial charge >= 0.3 is 0 Å². The summed E-state index contributed by atoms with van der Waals surface area (Å²) >= 11 is 0. The van der Waals surface area contributed by atoms with Crippen molar-refractivity contribution in [3.63, 3.8) is 0 Å². The van der Waals surface area contributed by atoms with Gasteiger partial charge in [0.25, 0.3) is 0 Å². The van der Waals surface area contributed by atoms with Gasteiger partial charge in [0.15, 0.2) is 0 Å². The highest BCUT2D eigenvalue weighted by Gasteiger charge is 2.10. The van der Waals surface area contributed by atoms with E-state index in [-0.39, 0.29) is 6.61 Å². The van der Waals surface area contributed by atoms with Crippen LogP contribution in [0.2, 0.25) is 0 Å². The van der Waals surface area contributed by atoms with Crippen LogP contribution >= 0.6 is 0 Å². The van der Waals surface area contributed by atoms with Crippen LogP contribution in [-0.4, -0.2) is 36.4 Å². The van der Waals surface area contributed by atoms with E-state index < -0.39 is 0 Å². The maximum atomic E-state index is 7.89. The molecule has 1 fully saturated rings. The fourth-order valence-electron chi connectivity index (χ4n) is 1.67. The highest BCUT2D eigenvalue weighted by Crippen LogP contribution is 2.11. The predicted octanol–water partition coefficient (Wildman–Crippen LogP) is 3.15. The molecule has 3 heteroatoms. The third-order valence-electron chi connectivity index (χ3n) is 2.61. The molecule has 20 heavy (non-hydrogen) atoms. The predicted molar refractivity (Wildman–Crippen MR) is 84.6 cm³/mol. The molecule has 0 bridgehead atoms. The zero-order chi connectivity index (χ0) is 15.1. The Bertz CT molecular complexity index is 362. The lowest BCUT2D eigenvalue weighted by Gasteiger charge is -2.15. The number of hydrogen-bond donors (Lipinski definition) is 1. The van der Waals surface area contributed by atoms with E-state index in [1.165, 1.54) is 25.9 Å². The van der Waals surface area contributed by atoms with Crippen LogP contribution in [0, 0.1) is 11.8 Å². The summed E-state index contributed by atoms with van der Waals surface area (Å²) in [5.41, 5.74) is 0. The molecule has 1 aromatic carbocycles. The first kappa shape index (κ1) is 18.5. The number of aliphatic hydroxyl groups is 1. The van der Waals surface area contributed by atoms with Crippen LogP contribution in [0.4, 0.5) is 0 Å². The van der Waals surface area contributed by atoms with Crippen LogP contribution in [0.15, 0.2) is 30.3 Å². The molecular weight excluding hydrogens is 250 g/mol. The molecule has 1 heterocycles. The van der Waals surface area contributed by atoms with Crippen molar-refractivity contribution in [2.24, 2.45) is 0 Å². The number of benzene rings is 1. The van der Waals surface area contributed by atoms with Crippen molar-refractivity contribution in [1.82, 2.24) is 4.90 Å². The highest BCUT2D eigenvalue weighted by atomic mass is 16.5. The Hall–Kier alpha value is -1.50. The Morgan fingerprint density at radius 2 is 1.75 bits per heavy atom. The third kappa shape index (κ3) is 9.43. The van der Waals surface area contributed by atoms with E-state index in [0.717, 1.165) is 12.5 Å². The minimum absolute atomic E-state index is 0.0174. The molecule has 0 aliphatic carbocycles. The second-order valence-corrected chi connectivity index (χ2v) is 4.00. The van der Waals surface area contributed by atoms with Gasteiger partial charge in [0, 0.05) is 13.1 Å². The van der Waals surface area contributed by atoms with Crippen molar-refractivity contribution in [3.8, 4) is 17.6 Å². The second kappa shape index (κ2) is 13.9. The van der Waals surface area contributed by atoms with Crippen LogP contribution < -0.4 is 4.74 Å². The van der Waals surface area contributed by atoms with Gasteiger partial charge in [-0.3, -0.25) is 4.90 Å². The Morgan fingerprint density at radius 1 is 1.15 bits per heavy atom. The molecule has 1 N–H and O–H groups in total. The van der Waals surface area contributed by atoms with E-state index in [4.69, 9.17) is 9.84 Å². The van der Waals surface area contributed by atoms with E-state index in [0.29, 0.717) is 0 Å². The van der Waals surface area contributed by atoms with Crippen LogP contribution in [0.1, 0.15) is 33.6 Å². The lowest BCUT2D eigenvalue weighted by atomic mass is 10.3. The summed E-state index contributed by atoms with van der Waals surface area (Å²) in [4.78, 5) is 2.34. The zero-order valence-corrected chi connectivity index (χ0v) is 12.9. The van der Waals surface area contributed by atoms with Crippen molar-refractivity contribution in [2.75, 3.05) is 26.4 Å². The van der Waals surface area contributed by atoms with Crippen LogP contribution in [0.5, 0.6) is 5.75 Å². The number of rotatable bonds is 3. The SMILES string of the molecule is CC.CC#CCO.c1ccc(OCN2CCCC2)cc1. The summed E-state index contributed by atoms with van der Waals surface area (Å²) in [5, 5.41) is 7.89. The van der Waals surface area contributed by atoms with Gasteiger partial charge in [0.1, 0.15) is 19.1 Å². The van der Waals surface area contributed by atoms with Gasteiger partial charge in [-0.05, 0) is 31.9 Å². The Labute approximate surface area is 123 Å². The van der Waals surface area contributed by atoms with E-state index in [9.17, 15) is 0 Å². The molecule has 0 spiro atoms. The first-order valence-electron chi connectivity index (χ1n) is 7.27. The topological polar surface area (TPSA) is 32.7 Å². The second-order valence-electron chi connectivity index (χ2n) is 4.00. The lowest BCUT2D eigenvalue weighted by molar-refractivity contribution is 0.152. The average molecular weight is 277 g/mol. The largest absolute Gasteiger partial charge is 0.478 e. The summed E-state index contributed by atoms with van der Waals surface area (Å²) in [5.74, 6) is 5.90. The molecule has 2 rings (SSSR count). The van der Waals surface area contributed by atoms with Gasteiger partial charge in [-0.15, -0.1) is 5.92 Å². The minimum Gasteiger partial charge on any atom is -0.478 e. The molecule has 0 amide bonds. The van der Waals surface area contributed by atoms with E-state index in [1.807, 2.05) is 44.2 Å². The smallest absolute Gasteiger partial charge is 0.142 e. The zero-order valence-electron chi connectivity index (χ0n) is 12.9. The summed E-state index contributed by atoms with van der Waals surface area (Å²) in [6, 6.07) is 9.99. The van der Waals surface area contributed by atoms with Crippen molar-refractivity contribution in [1.29, 1.82) is 0 Å². The summed E-state index contributed by atoms with van der Waals surface area (Å²) < 4.78 is 5.62. The normalized spacial score (nSPS) is 13.0. The van der Waals surface area contributed by atoms with Crippen molar-refractivity contribution >= 4 is 0 Å². The Balaban J connectivity index is 0.000000441. The quantitative estimate of drug-likeness (QED) is 0.862. The number of nitrogens with zero attached hydrogens (tertiary/aromatic N) is 1.